The van der Waals surface area contributed by atoms with E-state index < -0.39 is 0 Å². The van der Waals surface area contributed by atoms with Gasteiger partial charge in [0.1, 0.15) is 17.1 Å². The van der Waals surface area contributed by atoms with Crippen LogP contribution in [0.2, 0.25) is 0 Å². The summed E-state index contributed by atoms with van der Waals surface area (Å²) < 4.78 is 5.85. The van der Waals surface area contributed by atoms with Gasteiger partial charge < -0.3 is 16.2 Å². The number of nitrogens with zero attached hydrogens (tertiary/aromatic N) is 2. The molecule has 4 N–H and O–H groups in total. The average Bonchev–Trinajstić information content (AvgIpc) is 3.14. The summed E-state index contributed by atoms with van der Waals surface area (Å²) in [7, 11) is 0. The number of hydrogen-bond acceptors (Lipinski definition) is 5. The molecule has 1 aromatic carbocycles. The normalized spacial score (nSPS) is 15.8. The van der Waals surface area contributed by atoms with Crippen LogP contribution in [0.1, 0.15) is 31.2 Å². The Balaban J connectivity index is 1.88. The molecule has 20 heavy (non-hydrogen) atoms. The zero-order valence-electron chi connectivity index (χ0n) is 11.5. The van der Waals surface area contributed by atoms with Crippen LogP contribution in [0.3, 0.4) is 0 Å². The number of aromatic nitrogens is 2. The molecule has 1 fully saturated rings. The largest absolute Gasteiger partial charge is 0.470 e. The molecule has 5 nitrogen and oxygen atoms in total. The van der Waals surface area contributed by atoms with E-state index >= 15 is 0 Å². The highest BCUT2D eigenvalue weighted by atomic mass is 16.5. The Morgan fingerprint density at radius 2 is 1.85 bits per heavy atom. The van der Waals surface area contributed by atoms with Gasteiger partial charge in [-0.2, -0.15) is 4.98 Å². The first kappa shape index (κ1) is 12.7. The van der Waals surface area contributed by atoms with Crippen LogP contribution in [0.4, 0.5) is 11.5 Å². The molecule has 0 bridgehead atoms. The van der Waals surface area contributed by atoms with Crippen molar-refractivity contribution in [3.8, 4) is 5.88 Å². The van der Waals surface area contributed by atoms with Crippen LogP contribution < -0.4 is 16.2 Å². The van der Waals surface area contributed by atoms with Crippen LogP contribution in [0.25, 0.3) is 0 Å². The number of rotatable bonds is 4. The first-order chi connectivity index (χ1) is 9.56. The van der Waals surface area contributed by atoms with Crippen molar-refractivity contribution >= 4 is 11.5 Å². The average molecular weight is 270 g/mol. The number of benzene rings is 1. The number of nitrogen functional groups attached to an aromatic ring is 2. The third kappa shape index (κ3) is 2.66. The molecule has 0 radical (unpaired) electrons. The van der Waals surface area contributed by atoms with Gasteiger partial charge in [-0.05, 0) is 25.3 Å². The van der Waals surface area contributed by atoms with Crippen LogP contribution in [-0.2, 0) is 6.42 Å². The molecule has 0 aliphatic heterocycles. The van der Waals surface area contributed by atoms with Gasteiger partial charge in [-0.25, -0.2) is 4.98 Å². The fourth-order valence-corrected chi connectivity index (χ4v) is 1.96. The summed E-state index contributed by atoms with van der Waals surface area (Å²) in [5.41, 5.74) is 13.1. The van der Waals surface area contributed by atoms with Gasteiger partial charge in [0, 0.05) is 6.42 Å². The van der Waals surface area contributed by atoms with Crippen LogP contribution in [-0.4, -0.2) is 15.6 Å². The second-order valence-corrected chi connectivity index (χ2v) is 5.46. The van der Waals surface area contributed by atoms with E-state index in [0.717, 1.165) is 18.4 Å². The molecule has 0 unspecified atom stereocenters. The maximum atomic E-state index is 5.90. The molecule has 3 rings (SSSR count). The standard InChI is InChI=1S/C15H18N4O/c1-15(7-8-15)20-14-12(16)13(17)18-11(19-14)9-10-5-3-2-4-6-10/h2-6H,7-9,16H2,1H3,(H2,17,18,19). The Morgan fingerprint density at radius 1 is 1.15 bits per heavy atom. The summed E-state index contributed by atoms with van der Waals surface area (Å²) in [6.45, 7) is 2.04. The minimum Gasteiger partial charge on any atom is -0.470 e. The molecule has 104 valence electrons. The molecular weight excluding hydrogens is 252 g/mol. The summed E-state index contributed by atoms with van der Waals surface area (Å²) in [5, 5.41) is 0. The highest BCUT2D eigenvalue weighted by Crippen LogP contribution is 2.41. The lowest BCUT2D eigenvalue weighted by atomic mass is 10.1. The van der Waals surface area contributed by atoms with E-state index in [0.29, 0.717) is 23.8 Å². The van der Waals surface area contributed by atoms with Crippen molar-refractivity contribution in [2.75, 3.05) is 11.5 Å². The third-order valence-electron chi connectivity index (χ3n) is 3.49. The van der Waals surface area contributed by atoms with E-state index in [9.17, 15) is 0 Å². The SMILES string of the molecule is CC1(Oc2nc(Cc3ccccc3)nc(N)c2N)CC1. The van der Waals surface area contributed by atoms with Crippen molar-refractivity contribution in [3.05, 3.63) is 41.7 Å². The smallest absolute Gasteiger partial charge is 0.243 e. The molecule has 5 heteroatoms. The quantitative estimate of drug-likeness (QED) is 0.889. The predicted molar refractivity (Wildman–Crippen MR) is 78.4 cm³/mol. The highest BCUT2D eigenvalue weighted by molar-refractivity contribution is 5.64. The van der Waals surface area contributed by atoms with Crippen molar-refractivity contribution in [2.24, 2.45) is 0 Å². The summed E-state index contributed by atoms with van der Waals surface area (Å²) in [5.74, 6) is 1.32. The maximum absolute atomic E-state index is 5.90. The molecule has 1 aliphatic carbocycles. The molecule has 0 saturated heterocycles. The Morgan fingerprint density at radius 3 is 2.50 bits per heavy atom. The van der Waals surface area contributed by atoms with Gasteiger partial charge in [0.15, 0.2) is 5.82 Å². The van der Waals surface area contributed by atoms with E-state index in [4.69, 9.17) is 16.2 Å². The fourth-order valence-electron chi connectivity index (χ4n) is 1.96. The van der Waals surface area contributed by atoms with E-state index in [1.54, 1.807) is 0 Å². The lowest BCUT2D eigenvalue weighted by molar-refractivity contribution is 0.192. The molecule has 1 aliphatic rings. The fraction of sp³-hybridized carbons (Fsp3) is 0.333. The first-order valence-corrected chi connectivity index (χ1v) is 6.70. The lowest BCUT2D eigenvalue weighted by Crippen LogP contribution is -2.16. The molecule has 2 aromatic rings. The zero-order valence-corrected chi connectivity index (χ0v) is 11.5. The van der Waals surface area contributed by atoms with Crippen molar-refractivity contribution in [3.63, 3.8) is 0 Å². The van der Waals surface area contributed by atoms with Gasteiger partial charge >= 0.3 is 0 Å². The van der Waals surface area contributed by atoms with Gasteiger partial charge in [-0.15, -0.1) is 0 Å². The van der Waals surface area contributed by atoms with Gasteiger partial charge in [-0.1, -0.05) is 30.3 Å². The van der Waals surface area contributed by atoms with Crippen LogP contribution in [0.5, 0.6) is 5.88 Å². The van der Waals surface area contributed by atoms with E-state index in [1.165, 1.54) is 0 Å². The Kier molecular flexibility index (Phi) is 2.97. The van der Waals surface area contributed by atoms with Gasteiger partial charge in [0.05, 0.1) is 0 Å². The molecule has 1 heterocycles. The summed E-state index contributed by atoms with van der Waals surface area (Å²) >= 11 is 0. The Hall–Kier alpha value is -2.30. The van der Waals surface area contributed by atoms with Gasteiger partial charge in [0.2, 0.25) is 5.88 Å². The summed E-state index contributed by atoms with van der Waals surface area (Å²) in [6, 6.07) is 10.00. The third-order valence-corrected chi connectivity index (χ3v) is 3.49. The monoisotopic (exact) mass is 270 g/mol. The maximum Gasteiger partial charge on any atom is 0.243 e. The molecular formula is C15H18N4O. The van der Waals surface area contributed by atoms with Crippen molar-refractivity contribution in [1.29, 1.82) is 0 Å². The molecule has 0 amide bonds. The van der Waals surface area contributed by atoms with Crippen molar-refractivity contribution < 1.29 is 4.74 Å². The lowest BCUT2D eigenvalue weighted by Gasteiger charge is -2.15. The Bertz CT molecular complexity index is 623. The number of ether oxygens (including phenoxy) is 1. The van der Waals surface area contributed by atoms with E-state index in [1.807, 2.05) is 37.3 Å². The van der Waals surface area contributed by atoms with E-state index in [2.05, 4.69) is 9.97 Å². The number of anilines is 2. The highest BCUT2D eigenvalue weighted by Gasteiger charge is 2.41. The second-order valence-electron chi connectivity index (χ2n) is 5.46. The minimum atomic E-state index is -0.140. The van der Waals surface area contributed by atoms with Gasteiger partial charge in [-0.3, -0.25) is 0 Å². The van der Waals surface area contributed by atoms with Crippen molar-refractivity contribution in [1.82, 2.24) is 9.97 Å². The topological polar surface area (TPSA) is 87.0 Å². The van der Waals surface area contributed by atoms with Crippen molar-refractivity contribution in [2.45, 2.75) is 31.8 Å². The van der Waals surface area contributed by atoms with Crippen LogP contribution >= 0.6 is 0 Å². The van der Waals surface area contributed by atoms with Crippen LogP contribution in [0.15, 0.2) is 30.3 Å². The summed E-state index contributed by atoms with van der Waals surface area (Å²) in [6.07, 6.45) is 2.65. The zero-order chi connectivity index (χ0) is 14.2. The van der Waals surface area contributed by atoms with Crippen LogP contribution in [0, 0.1) is 0 Å². The minimum absolute atomic E-state index is 0.140. The molecule has 1 saturated carbocycles. The first-order valence-electron chi connectivity index (χ1n) is 6.70. The predicted octanol–water partition coefficient (Wildman–Crippen LogP) is 2.16. The second kappa shape index (κ2) is 4.67. The molecule has 0 atom stereocenters. The Labute approximate surface area is 118 Å². The molecule has 0 spiro atoms. The molecule has 1 aromatic heterocycles. The van der Waals surface area contributed by atoms with Gasteiger partial charge in [0.25, 0.3) is 0 Å². The van der Waals surface area contributed by atoms with E-state index in [-0.39, 0.29) is 11.4 Å². The number of nitrogens with two attached hydrogens (primary N) is 2. The summed E-state index contributed by atoms with van der Waals surface area (Å²) in [4.78, 5) is 8.66. The number of hydrogen-bond donors (Lipinski definition) is 2.